The highest BCUT2D eigenvalue weighted by molar-refractivity contribution is 9.10. The van der Waals surface area contributed by atoms with Gasteiger partial charge in [0.25, 0.3) is 0 Å². The molecule has 1 amide bonds. The number of alkyl halides is 3. The zero-order valence-electron chi connectivity index (χ0n) is 11.1. The molecule has 0 aliphatic carbocycles. The Morgan fingerprint density at radius 1 is 1.40 bits per heavy atom. The van der Waals surface area contributed by atoms with E-state index in [1.165, 1.54) is 12.1 Å². The number of hydrogen-bond donors (Lipinski definition) is 2. The number of hydrogen-bond acceptors (Lipinski definition) is 2. The molecule has 1 unspecified atom stereocenters. The molecule has 0 radical (unpaired) electrons. The Kier molecular flexibility index (Phi) is 5.86. The number of benzene rings is 1. The summed E-state index contributed by atoms with van der Waals surface area (Å²) >= 11 is 2.86. The first-order valence-corrected chi connectivity index (χ1v) is 6.93. The summed E-state index contributed by atoms with van der Waals surface area (Å²) in [5, 5.41) is 5.40. The lowest BCUT2D eigenvalue weighted by atomic mass is 10.2. The van der Waals surface area contributed by atoms with Crippen molar-refractivity contribution in [3.05, 3.63) is 28.2 Å². The van der Waals surface area contributed by atoms with Gasteiger partial charge in [-0.05, 0) is 31.5 Å². The number of anilines is 1. The first kappa shape index (κ1) is 16.8. The van der Waals surface area contributed by atoms with Gasteiger partial charge in [0, 0.05) is 16.2 Å². The van der Waals surface area contributed by atoms with Gasteiger partial charge in [-0.1, -0.05) is 22.9 Å². The maximum Gasteiger partial charge on any atom is 0.417 e. The van der Waals surface area contributed by atoms with E-state index in [-0.39, 0.29) is 28.7 Å². The third kappa shape index (κ3) is 5.03. The topological polar surface area (TPSA) is 41.1 Å². The van der Waals surface area contributed by atoms with Crippen molar-refractivity contribution in [1.82, 2.24) is 5.32 Å². The molecule has 1 aromatic rings. The number of carbonyl (C=O) groups is 1. The van der Waals surface area contributed by atoms with Crippen LogP contribution in [-0.2, 0) is 11.0 Å². The highest BCUT2D eigenvalue weighted by atomic mass is 79.9. The lowest BCUT2D eigenvalue weighted by Crippen LogP contribution is -2.36. The summed E-state index contributed by atoms with van der Waals surface area (Å²) in [5.41, 5.74) is -0.523. The third-order valence-electron chi connectivity index (χ3n) is 2.74. The van der Waals surface area contributed by atoms with Crippen LogP contribution < -0.4 is 10.6 Å². The number of nitrogens with one attached hydrogen (secondary N) is 2. The van der Waals surface area contributed by atoms with E-state index in [4.69, 9.17) is 0 Å². The van der Waals surface area contributed by atoms with Crippen LogP contribution in [0.2, 0.25) is 0 Å². The van der Waals surface area contributed by atoms with Gasteiger partial charge < -0.3 is 10.6 Å². The monoisotopic (exact) mass is 352 g/mol. The molecule has 112 valence electrons. The SMILES string of the molecule is CCC(C)NC(=O)CNc1ccc(Br)c(C(F)(F)F)c1. The second kappa shape index (κ2) is 6.97. The van der Waals surface area contributed by atoms with E-state index in [0.29, 0.717) is 0 Å². The average Bonchev–Trinajstić information content (AvgIpc) is 2.36. The number of amides is 1. The fraction of sp³-hybridized carbons (Fsp3) is 0.462. The van der Waals surface area contributed by atoms with Crippen molar-refractivity contribution in [3.63, 3.8) is 0 Å². The van der Waals surface area contributed by atoms with Crippen molar-refractivity contribution in [1.29, 1.82) is 0 Å². The Hall–Kier alpha value is -1.24. The zero-order valence-corrected chi connectivity index (χ0v) is 12.7. The fourth-order valence-corrected chi connectivity index (χ4v) is 1.93. The number of halogens is 4. The third-order valence-corrected chi connectivity index (χ3v) is 3.44. The first-order chi connectivity index (χ1) is 9.24. The Bertz CT molecular complexity index is 477. The standard InChI is InChI=1S/C13H16BrF3N2O/c1-3-8(2)19-12(20)7-18-9-4-5-11(14)10(6-9)13(15,16)17/h4-6,8,18H,3,7H2,1-2H3,(H,19,20). The normalized spacial score (nSPS) is 12.9. The van der Waals surface area contributed by atoms with Crippen LogP contribution in [0.4, 0.5) is 18.9 Å². The van der Waals surface area contributed by atoms with Gasteiger partial charge in [0.05, 0.1) is 12.1 Å². The summed E-state index contributed by atoms with van der Waals surface area (Å²) in [4.78, 5) is 11.5. The Balaban J connectivity index is 2.68. The molecular formula is C13H16BrF3N2O. The van der Waals surface area contributed by atoms with E-state index in [1.54, 1.807) is 0 Å². The summed E-state index contributed by atoms with van der Waals surface area (Å²) < 4.78 is 38.1. The number of rotatable bonds is 5. The van der Waals surface area contributed by atoms with Crippen LogP contribution in [0, 0.1) is 0 Å². The quantitative estimate of drug-likeness (QED) is 0.846. The van der Waals surface area contributed by atoms with Crippen molar-refractivity contribution < 1.29 is 18.0 Å². The molecule has 0 spiro atoms. The molecular weight excluding hydrogens is 337 g/mol. The number of carbonyl (C=O) groups excluding carboxylic acids is 1. The van der Waals surface area contributed by atoms with Gasteiger partial charge in [0.2, 0.25) is 5.91 Å². The molecule has 0 aliphatic heterocycles. The van der Waals surface area contributed by atoms with Crippen LogP contribution in [0.5, 0.6) is 0 Å². The van der Waals surface area contributed by atoms with Crippen molar-refractivity contribution in [3.8, 4) is 0 Å². The Labute approximate surface area is 124 Å². The summed E-state index contributed by atoms with van der Waals surface area (Å²) in [6.45, 7) is 3.73. The van der Waals surface area contributed by atoms with Crippen LogP contribution in [0.1, 0.15) is 25.8 Å². The largest absolute Gasteiger partial charge is 0.417 e. The van der Waals surface area contributed by atoms with Crippen molar-refractivity contribution in [2.75, 3.05) is 11.9 Å². The smallest absolute Gasteiger partial charge is 0.376 e. The second-order valence-corrected chi connectivity index (χ2v) is 5.28. The van der Waals surface area contributed by atoms with Crippen LogP contribution >= 0.6 is 15.9 Å². The van der Waals surface area contributed by atoms with Gasteiger partial charge >= 0.3 is 6.18 Å². The lowest BCUT2D eigenvalue weighted by molar-refractivity contribution is -0.138. The Morgan fingerprint density at radius 2 is 2.05 bits per heavy atom. The molecule has 1 aromatic carbocycles. The summed E-state index contributed by atoms with van der Waals surface area (Å²) in [5.74, 6) is -0.254. The van der Waals surface area contributed by atoms with Crippen molar-refractivity contribution in [2.24, 2.45) is 0 Å². The zero-order chi connectivity index (χ0) is 15.3. The van der Waals surface area contributed by atoms with Crippen LogP contribution in [-0.4, -0.2) is 18.5 Å². The van der Waals surface area contributed by atoms with Crippen molar-refractivity contribution in [2.45, 2.75) is 32.5 Å². The minimum absolute atomic E-state index is 0.0281. The summed E-state index contributed by atoms with van der Waals surface area (Å²) in [7, 11) is 0. The van der Waals surface area contributed by atoms with Gasteiger partial charge in [-0.15, -0.1) is 0 Å². The molecule has 0 fully saturated rings. The highest BCUT2D eigenvalue weighted by Gasteiger charge is 2.33. The average molecular weight is 353 g/mol. The molecule has 1 rings (SSSR count). The van der Waals surface area contributed by atoms with E-state index < -0.39 is 11.7 Å². The van der Waals surface area contributed by atoms with Crippen LogP contribution in [0.15, 0.2) is 22.7 Å². The fourth-order valence-electron chi connectivity index (χ4n) is 1.46. The molecule has 3 nitrogen and oxygen atoms in total. The van der Waals surface area contributed by atoms with Gasteiger partial charge in [-0.2, -0.15) is 13.2 Å². The molecule has 7 heteroatoms. The maximum absolute atomic E-state index is 12.7. The maximum atomic E-state index is 12.7. The van der Waals surface area contributed by atoms with Crippen molar-refractivity contribution >= 4 is 27.5 Å². The van der Waals surface area contributed by atoms with Crippen LogP contribution in [0.3, 0.4) is 0 Å². The molecule has 0 aromatic heterocycles. The van der Waals surface area contributed by atoms with E-state index in [1.807, 2.05) is 13.8 Å². The molecule has 0 aliphatic rings. The van der Waals surface area contributed by atoms with E-state index in [0.717, 1.165) is 12.5 Å². The minimum Gasteiger partial charge on any atom is -0.376 e. The predicted molar refractivity (Wildman–Crippen MR) is 75.5 cm³/mol. The van der Waals surface area contributed by atoms with E-state index >= 15 is 0 Å². The molecule has 2 N–H and O–H groups in total. The summed E-state index contributed by atoms with van der Waals surface area (Å²) in [6.07, 6.45) is -3.64. The van der Waals surface area contributed by atoms with Gasteiger partial charge in [-0.3, -0.25) is 4.79 Å². The molecule has 0 heterocycles. The first-order valence-electron chi connectivity index (χ1n) is 6.14. The minimum atomic E-state index is -4.44. The lowest BCUT2D eigenvalue weighted by Gasteiger charge is -2.14. The molecule has 20 heavy (non-hydrogen) atoms. The Morgan fingerprint density at radius 3 is 2.60 bits per heavy atom. The predicted octanol–water partition coefficient (Wildman–Crippen LogP) is 3.79. The van der Waals surface area contributed by atoms with E-state index in [9.17, 15) is 18.0 Å². The van der Waals surface area contributed by atoms with E-state index in [2.05, 4.69) is 26.6 Å². The highest BCUT2D eigenvalue weighted by Crippen LogP contribution is 2.36. The molecule has 0 saturated heterocycles. The van der Waals surface area contributed by atoms with Crippen LogP contribution in [0.25, 0.3) is 0 Å². The molecule has 1 atom stereocenters. The summed E-state index contributed by atoms with van der Waals surface area (Å²) in [6, 6.07) is 3.80. The van der Waals surface area contributed by atoms with Gasteiger partial charge in [0.15, 0.2) is 0 Å². The van der Waals surface area contributed by atoms with Gasteiger partial charge in [0.1, 0.15) is 0 Å². The molecule has 0 bridgehead atoms. The second-order valence-electron chi connectivity index (χ2n) is 4.42. The molecule has 0 saturated carbocycles. The van der Waals surface area contributed by atoms with Gasteiger partial charge in [-0.25, -0.2) is 0 Å².